The molecule has 2 heterocycles. The fourth-order valence-electron chi connectivity index (χ4n) is 4.02. The van der Waals surface area contributed by atoms with Gasteiger partial charge in [0.2, 0.25) is 0 Å². The molecule has 4 nitrogen and oxygen atoms in total. The van der Waals surface area contributed by atoms with E-state index >= 15 is 0 Å². The van der Waals surface area contributed by atoms with E-state index in [2.05, 4.69) is 35.5 Å². The van der Waals surface area contributed by atoms with Crippen LogP contribution in [0.4, 0.5) is 0 Å². The molecule has 1 aromatic carbocycles. The van der Waals surface area contributed by atoms with Gasteiger partial charge in [0.05, 0.1) is 6.61 Å². The zero-order valence-electron chi connectivity index (χ0n) is 15.2. The van der Waals surface area contributed by atoms with Gasteiger partial charge in [-0.25, -0.2) is 0 Å². The van der Waals surface area contributed by atoms with Crippen LogP contribution < -0.4 is 10.1 Å². The highest BCUT2D eigenvalue weighted by Crippen LogP contribution is 2.33. The number of benzene rings is 1. The molecule has 0 spiro atoms. The minimum atomic E-state index is 0.618. The number of hydrogen-bond donors (Lipinski definition) is 1. The van der Waals surface area contributed by atoms with Crippen LogP contribution in [0, 0.1) is 5.92 Å². The van der Waals surface area contributed by atoms with Gasteiger partial charge in [0, 0.05) is 26.8 Å². The first-order valence-corrected chi connectivity index (χ1v) is 9.40. The molecule has 134 valence electrons. The van der Waals surface area contributed by atoms with E-state index in [0.717, 1.165) is 51.6 Å². The van der Waals surface area contributed by atoms with Crippen LogP contribution >= 0.6 is 0 Å². The molecule has 1 aromatic rings. The Morgan fingerprint density at radius 3 is 2.88 bits per heavy atom. The first-order chi connectivity index (χ1) is 11.8. The Bertz CT molecular complexity index is 514. The molecule has 1 unspecified atom stereocenters. The second kappa shape index (κ2) is 8.84. The SMILES string of the molecule is COCCCC1CN(C)Cc2cc(OCC3CCNCC3)ccc21. The summed E-state index contributed by atoms with van der Waals surface area (Å²) in [5.74, 6) is 2.36. The molecule has 1 fully saturated rings. The fourth-order valence-corrected chi connectivity index (χ4v) is 4.02. The van der Waals surface area contributed by atoms with Crippen molar-refractivity contribution in [2.75, 3.05) is 47.0 Å². The van der Waals surface area contributed by atoms with E-state index in [0.29, 0.717) is 11.8 Å². The minimum Gasteiger partial charge on any atom is -0.493 e. The molecule has 24 heavy (non-hydrogen) atoms. The van der Waals surface area contributed by atoms with Gasteiger partial charge in [-0.15, -0.1) is 0 Å². The van der Waals surface area contributed by atoms with Gasteiger partial charge < -0.3 is 19.7 Å². The molecular formula is C20H32N2O2. The van der Waals surface area contributed by atoms with Crippen LogP contribution in [0.1, 0.15) is 42.7 Å². The molecule has 2 aliphatic heterocycles. The summed E-state index contributed by atoms with van der Waals surface area (Å²) in [5.41, 5.74) is 2.95. The Labute approximate surface area is 146 Å². The predicted molar refractivity (Wildman–Crippen MR) is 97.7 cm³/mol. The number of piperidine rings is 1. The van der Waals surface area contributed by atoms with Crippen LogP contribution in [-0.2, 0) is 11.3 Å². The van der Waals surface area contributed by atoms with E-state index in [1.54, 1.807) is 7.11 Å². The van der Waals surface area contributed by atoms with Gasteiger partial charge >= 0.3 is 0 Å². The van der Waals surface area contributed by atoms with Crippen LogP contribution in [-0.4, -0.2) is 51.9 Å². The lowest BCUT2D eigenvalue weighted by Gasteiger charge is -2.32. The molecule has 1 saturated heterocycles. The number of nitrogens with zero attached hydrogens (tertiary/aromatic N) is 1. The Morgan fingerprint density at radius 2 is 2.08 bits per heavy atom. The molecule has 0 aromatic heterocycles. The van der Waals surface area contributed by atoms with E-state index in [4.69, 9.17) is 9.47 Å². The standard InChI is InChI=1S/C20H32N2O2/c1-22-13-17(4-3-11-23-2)20-6-5-19(12-18(20)14-22)24-15-16-7-9-21-10-8-16/h5-6,12,16-17,21H,3-4,7-11,13-15H2,1-2H3. The second-order valence-corrected chi connectivity index (χ2v) is 7.39. The van der Waals surface area contributed by atoms with E-state index in [-0.39, 0.29) is 0 Å². The first kappa shape index (κ1) is 17.7. The van der Waals surface area contributed by atoms with Crippen LogP contribution in [0.3, 0.4) is 0 Å². The van der Waals surface area contributed by atoms with Gasteiger partial charge in [0.15, 0.2) is 0 Å². The zero-order valence-corrected chi connectivity index (χ0v) is 15.2. The normalized spacial score (nSPS) is 22.3. The van der Waals surface area contributed by atoms with Crippen LogP contribution in [0.25, 0.3) is 0 Å². The summed E-state index contributed by atoms with van der Waals surface area (Å²) >= 11 is 0. The summed E-state index contributed by atoms with van der Waals surface area (Å²) in [5, 5.41) is 3.41. The number of fused-ring (bicyclic) bond motifs is 1. The van der Waals surface area contributed by atoms with Crippen molar-refractivity contribution in [3.8, 4) is 5.75 Å². The van der Waals surface area contributed by atoms with Gasteiger partial charge in [-0.3, -0.25) is 0 Å². The van der Waals surface area contributed by atoms with Crippen LogP contribution in [0.15, 0.2) is 18.2 Å². The van der Waals surface area contributed by atoms with Gasteiger partial charge in [-0.05, 0) is 80.9 Å². The zero-order chi connectivity index (χ0) is 16.8. The van der Waals surface area contributed by atoms with Crippen LogP contribution in [0.2, 0.25) is 0 Å². The van der Waals surface area contributed by atoms with E-state index < -0.39 is 0 Å². The quantitative estimate of drug-likeness (QED) is 0.778. The van der Waals surface area contributed by atoms with Crippen molar-refractivity contribution in [2.45, 2.75) is 38.1 Å². The highest BCUT2D eigenvalue weighted by atomic mass is 16.5. The molecule has 0 bridgehead atoms. The molecule has 2 aliphatic rings. The maximum atomic E-state index is 6.11. The smallest absolute Gasteiger partial charge is 0.119 e. The third-order valence-corrected chi connectivity index (χ3v) is 5.37. The molecule has 3 rings (SSSR count). The minimum absolute atomic E-state index is 0.618. The van der Waals surface area contributed by atoms with Crippen molar-refractivity contribution < 1.29 is 9.47 Å². The Balaban J connectivity index is 1.61. The molecule has 0 radical (unpaired) electrons. The number of rotatable bonds is 7. The van der Waals surface area contributed by atoms with Gasteiger partial charge in [-0.2, -0.15) is 0 Å². The van der Waals surface area contributed by atoms with Crippen molar-refractivity contribution in [1.82, 2.24) is 10.2 Å². The number of methoxy groups -OCH3 is 1. The predicted octanol–water partition coefficient (Wildman–Crippen LogP) is 3.02. The summed E-state index contributed by atoms with van der Waals surface area (Å²) in [6.07, 6.45) is 4.79. The molecule has 1 N–H and O–H groups in total. The lowest BCUT2D eigenvalue weighted by molar-refractivity contribution is 0.184. The number of likely N-dealkylation sites (N-methyl/N-ethyl adjacent to an activating group) is 1. The van der Waals surface area contributed by atoms with Gasteiger partial charge in [0.1, 0.15) is 5.75 Å². The molecule has 0 amide bonds. The lowest BCUT2D eigenvalue weighted by atomic mass is 9.87. The van der Waals surface area contributed by atoms with E-state index in [9.17, 15) is 0 Å². The molecular weight excluding hydrogens is 300 g/mol. The highest BCUT2D eigenvalue weighted by molar-refractivity contribution is 5.39. The summed E-state index contributed by atoms with van der Waals surface area (Å²) in [6.45, 7) is 6.14. The van der Waals surface area contributed by atoms with Crippen molar-refractivity contribution in [3.63, 3.8) is 0 Å². The molecule has 0 saturated carbocycles. The maximum absolute atomic E-state index is 6.11. The van der Waals surface area contributed by atoms with Crippen molar-refractivity contribution in [2.24, 2.45) is 5.92 Å². The largest absolute Gasteiger partial charge is 0.493 e. The topological polar surface area (TPSA) is 33.7 Å². The molecule has 0 aliphatic carbocycles. The lowest BCUT2D eigenvalue weighted by Crippen LogP contribution is -2.31. The fraction of sp³-hybridized carbons (Fsp3) is 0.700. The number of nitrogens with one attached hydrogen (secondary N) is 1. The maximum Gasteiger partial charge on any atom is 0.119 e. The average Bonchev–Trinajstić information content (AvgIpc) is 2.60. The van der Waals surface area contributed by atoms with Crippen molar-refractivity contribution >= 4 is 0 Å². The van der Waals surface area contributed by atoms with Gasteiger partial charge in [-0.1, -0.05) is 6.07 Å². The summed E-state index contributed by atoms with van der Waals surface area (Å²) in [6, 6.07) is 6.75. The number of hydrogen-bond acceptors (Lipinski definition) is 4. The Morgan fingerprint density at radius 1 is 1.25 bits per heavy atom. The van der Waals surface area contributed by atoms with Crippen LogP contribution in [0.5, 0.6) is 5.75 Å². The average molecular weight is 332 g/mol. The third-order valence-electron chi connectivity index (χ3n) is 5.37. The van der Waals surface area contributed by atoms with Crippen molar-refractivity contribution in [1.29, 1.82) is 0 Å². The first-order valence-electron chi connectivity index (χ1n) is 9.40. The van der Waals surface area contributed by atoms with Gasteiger partial charge in [0.25, 0.3) is 0 Å². The Hall–Kier alpha value is -1.10. The molecule has 4 heteroatoms. The summed E-state index contributed by atoms with van der Waals surface area (Å²) < 4.78 is 11.3. The summed E-state index contributed by atoms with van der Waals surface area (Å²) in [4.78, 5) is 2.43. The summed E-state index contributed by atoms with van der Waals surface area (Å²) in [7, 11) is 4.00. The number of ether oxygens (including phenoxy) is 2. The second-order valence-electron chi connectivity index (χ2n) is 7.39. The monoisotopic (exact) mass is 332 g/mol. The third kappa shape index (κ3) is 4.71. The van der Waals surface area contributed by atoms with E-state index in [1.807, 2.05) is 0 Å². The van der Waals surface area contributed by atoms with E-state index in [1.165, 1.54) is 30.4 Å². The highest BCUT2D eigenvalue weighted by Gasteiger charge is 2.23. The Kier molecular flexibility index (Phi) is 6.52. The molecule has 1 atom stereocenters. The van der Waals surface area contributed by atoms with Crippen molar-refractivity contribution in [3.05, 3.63) is 29.3 Å².